The highest BCUT2D eigenvalue weighted by Crippen LogP contribution is 2.42. The Morgan fingerprint density at radius 3 is 1.96 bits per heavy atom. The molecule has 2 rings (SSSR count). The Hall–Kier alpha value is -0.160. The molecular weight excluding hydrogens is 346 g/mol. The topological polar surface area (TPSA) is 19.0 Å². The van der Waals surface area contributed by atoms with Crippen molar-refractivity contribution in [2.75, 3.05) is 59.0 Å². The van der Waals surface area contributed by atoms with E-state index in [1.54, 1.807) is 0 Å². The standard InChI is InChI=1S/C24H49N3O/c1-8-11-25-12-9-22(10-13-25)23(4,5)20-24(6,7)27-16-14-26(15-17-27)18-19-28-21(2)3/h21-22H,8-20H2,1-7H3. The lowest BCUT2D eigenvalue weighted by atomic mass is 9.67. The first-order valence-corrected chi connectivity index (χ1v) is 12.0. The van der Waals surface area contributed by atoms with Gasteiger partial charge in [0.05, 0.1) is 12.7 Å². The number of hydrogen-bond acceptors (Lipinski definition) is 4. The minimum absolute atomic E-state index is 0.282. The minimum Gasteiger partial charge on any atom is -0.377 e. The number of rotatable bonds is 10. The zero-order valence-electron chi connectivity index (χ0n) is 20.1. The molecule has 0 amide bonds. The van der Waals surface area contributed by atoms with Crippen LogP contribution in [0.1, 0.15) is 74.1 Å². The second kappa shape index (κ2) is 10.7. The number of ether oxygens (including phenoxy) is 1. The van der Waals surface area contributed by atoms with E-state index in [1.807, 2.05) is 0 Å². The van der Waals surface area contributed by atoms with Crippen LogP contribution in [0.2, 0.25) is 0 Å². The maximum Gasteiger partial charge on any atom is 0.0596 e. The normalized spacial score (nSPS) is 22.3. The van der Waals surface area contributed by atoms with Crippen LogP contribution in [0.25, 0.3) is 0 Å². The summed E-state index contributed by atoms with van der Waals surface area (Å²) in [5, 5.41) is 0. The zero-order chi connectivity index (χ0) is 20.8. The molecule has 28 heavy (non-hydrogen) atoms. The number of nitrogens with zero attached hydrogens (tertiary/aromatic N) is 3. The molecule has 0 spiro atoms. The quantitative estimate of drug-likeness (QED) is 0.547. The molecule has 0 atom stereocenters. The van der Waals surface area contributed by atoms with E-state index < -0.39 is 0 Å². The lowest BCUT2D eigenvalue weighted by Crippen LogP contribution is -2.56. The van der Waals surface area contributed by atoms with E-state index in [4.69, 9.17) is 4.74 Å². The predicted molar refractivity (Wildman–Crippen MR) is 121 cm³/mol. The first kappa shape index (κ1) is 24.1. The van der Waals surface area contributed by atoms with Gasteiger partial charge in [0.25, 0.3) is 0 Å². The average Bonchev–Trinajstić information content (AvgIpc) is 2.62. The molecule has 0 radical (unpaired) electrons. The molecule has 166 valence electrons. The van der Waals surface area contributed by atoms with Crippen molar-refractivity contribution < 1.29 is 4.74 Å². The fourth-order valence-corrected chi connectivity index (χ4v) is 5.62. The number of likely N-dealkylation sites (tertiary alicyclic amines) is 1. The van der Waals surface area contributed by atoms with E-state index in [1.165, 1.54) is 71.5 Å². The van der Waals surface area contributed by atoms with Crippen LogP contribution in [0.4, 0.5) is 0 Å². The van der Waals surface area contributed by atoms with Gasteiger partial charge in [-0.1, -0.05) is 20.8 Å². The third kappa shape index (κ3) is 7.27. The van der Waals surface area contributed by atoms with Crippen molar-refractivity contribution >= 4 is 0 Å². The summed E-state index contributed by atoms with van der Waals surface area (Å²) in [6.45, 7) is 27.2. The summed E-state index contributed by atoms with van der Waals surface area (Å²) in [4.78, 5) is 7.99. The molecule has 2 fully saturated rings. The molecule has 2 saturated heterocycles. The molecule has 4 nitrogen and oxygen atoms in total. The van der Waals surface area contributed by atoms with E-state index >= 15 is 0 Å². The summed E-state index contributed by atoms with van der Waals surface area (Å²) in [5.41, 5.74) is 0.703. The molecule has 2 heterocycles. The van der Waals surface area contributed by atoms with Gasteiger partial charge in [0.15, 0.2) is 0 Å². The van der Waals surface area contributed by atoms with Crippen LogP contribution in [0.15, 0.2) is 0 Å². The van der Waals surface area contributed by atoms with Crippen LogP contribution in [0, 0.1) is 11.3 Å². The third-order valence-electron chi connectivity index (χ3n) is 7.21. The van der Waals surface area contributed by atoms with Crippen molar-refractivity contribution in [3.05, 3.63) is 0 Å². The monoisotopic (exact) mass is 395 g/mol. The van der Waals surface area contributed by atoms with E-state index in [9.17, 15) is 0 Å². The predicted octanol–water partition coefficient (Wildman–Crippen LogP) is 4.35. The molecular formula is C24H49N3O. The van der Waals surface area contributed by atoms with Crippen LogP contribution in [-0.2, 0) is 4.74 Å². The van der Waals surface area contributed by atoms with E-state index in [2.05, 4.69) is 63.2 Å². The molecule has 0 N–H and O–H groups in total. The van der Waals surface area contributed by atoms with Crippen LogP contribution in [0.5, 0.6) is 0 Å². The lowest BCUT2D eigenvalue weighted by molar-refractivity contribution is -0.00824. The van der Waals surface area contributed by atoms with Gasteiger partial charge in [-0.15, -0.1) is 0 Å². The second-order valence-electron chi connectivity index (χ2n) is 10.8. The molecule has 0 aliphatic carbocycles. The van der Waals surface area contributed by atoms with Crippen molar-refractivity contribution in [1.82, 2.24) is 14.7 Å². The molecule has 0 aromatic carbocycles. The summed E-state index contributed by atoms with van der Waals surface area (Å²) >= 11 is 0. The highest BCUT2D eigenvalue weighted by atomic mass is 16.5. The van der Waals surface area contributed by atoms with Crippen molar-refractivity contribution in [2.45, 2.75) is 85.8 Å². The Labute approximate surface area is 176 Å². The summed E-state index contributed by atoms with van der Waals surface area (Å²) in [6, 6.07) is 0. The molecule has 0 bridgehead atoms. The molecule has 4 heteroatoms. The highest BCUT2D eigenvalue weighted by Gasteiger charge is 2.39. The fraction of sp³-hybridized carbons (Fsp3) is 1.00. The van der Waals surface area contributed by atoms with Crippen LogP contribution in [-0.4, -0.2) is 85.3 Å². The Kier molecular flexibility index (Phi) is 9.25. The first-order valence-electron chi connectivity index (χ1n) is 12.0. The maximum absolute atomic E-state index is 5.74. The van der Waals surface area contributed by atoms with Gasteiger partial charge >= 0.3 is 0 Å². The Morgan fingerprint density at radius 2 is 1.43 bits per heavy atom. The first-order chi connectivity index (χ1) is 13.1. The van der Waals surface area contributed by atoms with Gasteiger partial charge in [0.2, 0.25) is 0 Å². The minimum atomic E-state index is 0.282. The van der Waals surface area contributed by atoms with E-state index in [0.29, 0.717) is 11.5 Å². The van der Waals surface area contributed by atoms with Crippen molar-refractivity contribution in [3.8, 4) is 0 Å². The number of piperidine rings is 1. The average molecular weight is 396 g/mol. The summed E-state index contributed by atoms with van der Waals surface area (Å²) in [7, 11) is 0. The number of hydrogen-bond donors (Lipinski definition) is 0. The van der Waals surface area contributed by atoms with Crippen LogP contribution >= 0.6 is 0 Å². The Bertz CT molecular complexity index is 433. The summed E-state index contributed by atoms with van der Waals surface area (Å²) < 4.78 is 5.74. The van der Waals surface area contributed by atoms with Gasteiger partial charge in [-0.05, 0) is 84.3 Å². The van der Waals surface area contributed by atoms with Crippen molar-refractivity contribution in [3.63, 3.8) is 0 Å². The van der Waals surface area contributed by atoms with Gasteiger partial charge in [-0.2, -0.15) is 0 Å². The summed E-state index contributed by atoms with van der Waals surface area (Å²) in [6.07, 6.45) is 5.70. The van der Waals surface area contributed by atoms with Crippen LogP contribution in [0.3, 0.4) is 0 Å². The van der Waals surface area contributed by atoms with Gasteiger partial charge in [-0.25, -0.2) is 0 Å². The third-order valence-corrected chi connectivity index (χ3v) is 7.21. The van der Waals surface area contributed by atoms with Crippen molar-refractivity contribution in [2.24, 2.45) is 11.3 Å². The zero-order valence-corrected chi connectivity index (χ0v) is 20.1. The lowest BCUT2D eigenvalue weighted by Gasteiger charge is -2.50. The van der Waals surface area contributed by atoms with Crippen LogP contribution < -0.4 is 0 Å². The highest BCUT2D eigenvalue weighted by molar-refractivity contribution is 4.94. The van der Waals surface area contributed by atoms with E-state index in [0.717, 1.165) is 19.1 Å². The Balaban J connectivity index is 1.79. The van der Waals surface area contributed by atoms with Gasteiger partial charge in [-0.3, -0.25) is 9.80 Å². The van der Waals surface area contributed by atoms with Crippen molar-refractivity contribution in [1.29, 1.82) is 0 Å². The van der Waals surface area contributed by atoms with Gasteiger partial charge in [0, 0.05) is 38.3 Å². The number of piperazine rings is 1. The molecule has 0 aromatic heterocycles. The van der Waals surface area contributed by atoms with E-state index in [-0.39, 0.29) is 5.54 Å². The SMILES string of the molecule is CCCN1CCC(C(C)(C)CC(C)(C)N2CCN(CCOC(C)C)CC2)CC1. The summed E-state index contributed by atoms with van der Waals surface area (Å²) in [5.74, 6) is 0.870. The van der Waals surface area contributed by atoms with Gasteiger partial charge < -0.3 is 9.64 Å². The largest absolute Gasteiger partial charge is 0.377 e. The molecule has 0 saturated carbocycles. The molecule has 0 unspecified atom stereocenters. The smallest absolute Gasteiger partial charge is 0.0596 e. The molecule has 2 aliphatic heterocycles. The molecule has 0 aromatic rings. The Morgan fingerprint density at radius 1 is 0.857 bits per heavy atom. The maximum atomic E-state index is 5.74. The fourth-order valence-electron chi connectivity index (χ4n) is 5.62. The second-order valence-corrected chi connectivity index (χ2v) is 10.8. The van der Waals surface area contributed by atoms with Gasteiger partial charge in [0.1, 0.15) is 0 Å². The molecule has 2 aliphatic rings.